The van der Waals surface area contributed by atoms with Gasteiger partial charge in [0.05, 0.1) is 21.8 Å². The number of hydrogen-bond acceptors (Lipinski definition) is 2. The van der Waals surface area contributed by atoms with E-state index < -0.39 is 0 Å². The van der Waals surface area contributed by atoms with E-state index in [0.717, 1.165) is 40.7 Å². The van der Waals surface area contributed by atoms with Gasteiger partial charge in [-0.1, -0.05) is 73.5 Å². The number of halogens is 1. The lowest BCUT2D eigenvalue weighted by molar-refractivity contribution is 0.102. The molecular formula is C27H25ClN2O. The van der Waals surface area contributed by atoms with E-state index in [1.807, 2.05) is 61.5 Å². The van der Waals surface area contributed by atoms with Crippen LogP contribution in [0.5, 0.6) is 0 Å². The van der Waals surface area contributed by atoms with Crippen LogP contribution in [0, 0.1) is 6.92 Å². The summed E-state index contributed by atoms with van der Waals surface area (Å²) in [7, 11) is 0. The zero-order valence-electron chi connectivity index (χ0n) is 17.8. The van der Waals surface area contributed by atoms with Crippen molar-refractivity contribution >= 4 is 34.1 Å². The molecule has 0 atom stereocenters. The van der Waals surface area contributed by atoms with Crippen molar-refractivity contribution < 1.29 is 4.79 Å². The van der Waals surface area contributed by atoms with Crippen molar-refractivity contribution in [1.29, 1.82) is 0 Å². The minimum Gasteiger partial charge on any atom is -0.322 e. The van der Waals surface area contributed by atoms with E-state index in [1.165, 1.54) is 12.0 Å². The number of pyridine rings is 1. The topological polar surface area (TPSA) is 42.0 Å². The number of hydrogen-bond donors (Lipinski definition) is 1. The first-order valence-corrected chi connectivity index (χ1v) is 11.0. The molecule has 3 aromatic carbocycles. The third-order valence-corrected chi connectivity index (χ3v) is 5.79. The van der Waals surface area contributed by atoms with Gasteiger partial charge in [0.1, 0.15) is 0 Å². The molecular weight excluding hydrogens is 404 g/mol. The molecule has 0 saturated carbocycles. The Bertz CT molecular complexity index is 1230. The second kappa shape index (κ2) is 9.32. The highest BCUT2D eigenvalue weighted by Gasteiger charge is 2.16. The molecule has 4 heteroatoms. The van der Waals surface area contributed by atoms with Crippen molar-refractivity contribution in [2.75, 3.05) is 5.32 Å². The first-order valence-electron chi connectivity index (χ1n) is 10.6. The molecule has 1 heterocycles. The summed E-state index contributed by atoms with van der Waals surface area (Å²) in [5.74, 6) is -0.175. The molecule has 0 aliphatic carbocycles. The first-order chi connectivity index (χ1) is 15.1. The number of benzene rings is 3. The monoisotopic (exact) mass is 428 g/mol. The molecule has 0 spiro atoms. The number of nitrogens with zero attached hydrogens (tertiary/aromatic N) is 1. The smallest absolute Gasteiger partial charge is 0.256 e. The van der Waals surface area contributed by atoms with Crippen molar-refractivity contribution in [2.45, 2.75) is 33.1 Å². The predicted molar refractivity (Wildman–Crippen MR) is 130 cm³/mol. The Labute approximate surface area is 188 Å². The normalized spacial score (nSPS) is 10.9. The maximum Gasteiger partial charge on any atom is 0.256 e. The summed E-state index contributed by atoms with van der Waals surface area (Å²) in [6.07, 6.45) is 3.38. The number of aromatic nitrogens is 1. The second-order valence-electron chi connectivity index (χ2n) is 7.76. The Morgan fingerprint density at radius 3 is 2.52 bits per heavy atom. The number of para-hydroxylation sites is 1. The number of anilines is 1. The zero-order valence-corrected chi connectivity index (χ0v) is 18.5. The third kappa shape index (κ3) is 4.62. The zero-order chi connectivity index (χ0) is 21.8. The largest absolute Gasteiger partial charge is 0.322 e. The van der Waals surface area contributed by atoms with Gasteiger partial charge >= 0.3 is 0 Å². The second-order valence-corrected chi connectivity index (χ2v) is 8.17. The molecule has 3 nitrogen and oxygen atoms in total. The molecule has 31 heavy (non-hydrogen) atoms. The van der Waals surface area contributed by atoms with Crippen LogP contribution in [0.15, 0.2) is 72.8 Å². The van der Waals surface area contributed by atoms with Crippen molar-refractivity contribution in [3.05, 3.63) is 94.5 Å². The summed E-state index contributed by atoms with van der Waals surface area (Å²) >= 11 is 6.46. The van der Waals surface area contributed by atoms with E-state index in [1.54, 1.807) is 6.07 Å². The van der Waals surface area contributed by atoms with Crippen molar-refractivity contribution in [3.63, 3.8) is 0 Å². The summed E-state index contributed by atoms with van der Waals surface area (Å²) in [5.41, 5.74) is 6.05. The molecule has 156 valence electrons. The summed E-state index contributed by atoms with van der Waals surface area (Å²) in [6.45, 7) is 4.22. The van der Waals surface area contributed by atoms with Gasteiger partial charge in [0.25, 0.3) is 5.91 Å². The highest BCUT2D eigenvalue weighted by Crippen LogP contribution is 2.31. The molecule has 1 aromatic heterocycles. The van der Waals surface area contributed by atoms with Crippen LogP contribution in [0.1, 0.15) is 41.3 Å². The third-order valence-electron chi connectivity index (χ3n) is 5.49. The minimum atomic E-state index is -0.175. The Morgan fingerprint density at radius 1 is 1.00 bits per heavy atom. The molecule has 0 unspecified atom stereocenters. The van der Waals surface area contributed by atoms with Gasteiger partial charge < -0.3 is 5.32 Å². The van der Waals surface area contributed by atoms with Gasteiger partial charge in [-0.2, -0.15) is 0 Å². The van der Waals surface area contributed by atoms with Crippen LogP contribution in [0.25, 0.3) is 22.2 Å². The van der Waals surface area contributed by atoms with Gasteiger partial charge in [-0.15, -0.1) is 0 Å². The van der Waals surface area contributed by atoms with Gasteiger partial charge in [-0.25, -0.2) is 4.98 Å². The van der Waals surface area contributed by atoms with E-state index >= 15 is 0 Å². The van der Waals surface area contributed by atoms with Crippen LogP contribution in [-0.4, -0.2) is 10.9 Å². The van der Waals surface area contributed by atoms with E-state index in [2.05, 4.69) is 24.4 Å². The molecule has 0 saturated heterocycles. The van der Waals surface area contributed by atoms with Crippen LogP contribution in [0.3, 0.4) is 0 Å². The summed E-state index contributed by atoms with van der Waals surface area (Å²) in [5, 5.41) is 4.30. The van der Waals surface area contributed by atoms with E-state index in [4.69, 9.17) is 16.6 Å². The minimum absolute atomic E-state index is 0.175. The number of unbranched alkanes of at least 4 members (excludes halogenated alkanes) is 1. The Balaban J connectivity index is 1.73. The highest BCUT2D eigenvalue weighted by atomic mass is 35.5. The lowest BCUT2D eigenvalue weighted by atomic mass is 10.0. The fourth-order valence-electron chi connectivity index (χ4n) is 3.73. The van der Waals surface area contributed by atoms with Gasteiger partial charge in [0.2, 0.25) is 0 Å². The fourth-order valence-corrected chi connectivity index (χ4v) is 3.95. The number of carbonyl (C=O) groups excluding carboxylic acids is 1. The van der Waals surface area contributed by atoms with Gasteiger partial charge in [0.15, 0.2) is 0 Å². The van der Waals surface area contributed by atoms with E-state index in [9.17, 15) is 4.79 Å². The highest BCUT2D eigenvalue weighted by molar-refractivity contribution is 6.35. The lowest BCUT2D eigenvalue weighted by Gasteiger charge is -2.13. The molecule has 0 radical (unpaired) electrons. The number of nitrogens with one attached hydrogen (secondary N) is 1. The maximum atomic E-state index is 13.3. The summed E-state index contributed by atoms with van der Waals surface area (Å²) in [4.78, 5) is 18.1. The average molecular weight is 429 g/mol. The Kier molecular flexibility index (Phi) is 6.34. The average Bonchev–Trinajstić information content (AvgIpc) is 2.78. The number of rotatable bonds is 6. The van der Waals surface area contributed by atoms with Crippen LogP contribution < -0.4 is 5.32 Å². The summed E-state index contributed by atoms with van der Waals surface area (Å²) < 4.78 is 0. The molecule has 1 N–H and O–H groups in total. The molecule has 0 fully saturated rings. The Morgan fingerprint density at radius 2 is 1.77 bits per heavy atom. The quantitative estimate of drug-likeness (QED) is 0.346. The van der Waals surface area contributed by atoms with Crippen LogP contribution >= 0.6 is 11.6 Å². The molecule has 0 aliphatic rings. The van der Waals surface area contributed by atoms with Gasteiger partial charge in [0, 0.05) is 16.6 Å². The molecule has 0 bridgehead atoms. The van der Waals surface area contributed by atoms with Crippen molar-refractivity contribution in [3.8, 4) is 11.3 Å². The molecule has 1 amide bonds. The molecule has 0 aliphatic heterocycles. The van der Waals surface area contributed by atoms with E-state index in [-0.39, 0.29) is 5.91 Å². The van der Waals surface area contributed by atoms with Crippen molar-refractivity contribution in [2.24, 2.45) is 0 Å². The lowest BCUT2D eigenvalue weighted by Crippen LogP contribution is -2.13. The van der Waals surface area contributed by atoms with Crippen molar-refractivity contribution in [1.82, 2.24) is 4.98 Å². The molecule has 4 rings (SSSR count). The number of amides is 1. The van der Waals surface area contributed by atoms with E-state index in [0.29, 0.717) is 16.1 Å². The van der Waals surface area contributed by atoms with Gasteiger partial charge in [-0.3, -0.25) is 4.79 Å². The number of aryl methyl sites for hydroxylation is 2. The first kappa shape index (κ1) is 21.1. The van der Waals surface area contributed by atoms with Crippen LogP contribution in [0.2, 0.25) is 5.02 Å². The van der Waals surface area contributed by atoms with Crippen LogP contribution in [-0.2, 0) is 6.42 Å². The summed E-state index contributed by atoms with van der Waals surface area (Å²) in [6, 6.07) is 23.5. The Hall–Kier alpha value is -3.17. The number of carbonyl (C=O) groups is 1. The SMILES string of the molecule is CCCCc1ccc(NC(=O)c2cc(-c3ccccc3C)nc3c(Cl)cccc23)cc1. The maximum absolute atomic E-state index is 13.3. The predicted octanol–water partition coefficient (Wildman–Crippen LogP) is 7.46. The standard InChI is InChI=1S/C27H25ClN2O/c1-3-4-9-19-13-15-20(16-14-19)29-27(31)23-17-25(21-10-6-5-8-18(21)2)30-26-22(23)11-7-12-24(26)28/h5-8,10-17H,3-4,9H2,1-2H3,(H,29,31). The fraction of sp³-hybridized carbons (Fsp3) is 0.185. The molecule has 4 aromatic rings. The van der Waals surface area contributed by atoms with Gasteiger partial charge in [-0.05, 0) is 55.2 Å². The van der Waals surface area contributed by atoms with Crippen LogP contribution in [0.4, 0.5) is 5.69 Å². The number of fused-ring (bicyclic) bond motifs is 1.